The fourth-order valence-corrected chi connectivity index (χ4v) is 4.16. The smallest absolute Gasteiger partial charge is 0.261 e. The lowest BCUT2D eigenvalue weighted by atomic mass is 9.97. The van der Waals surface area contributed by atoms with Gasteiger partial charge in [0.05, 0.1) is 6.33 Å². The van der Waals surface area contributed by atoms with Crippen molar-refractivity contribution in [3.05, 3.63) is 11.5 Å². The van der Waals surface area contributed by atoms with Gasteiger partial charge in [-0.1, -0.05) is 43.7 Å². The van der Waals surface area contributed by atoms with E-state index in [2.05, 4.69) is 9.71 Å². The maximum Gasteiger partial charge on any atom is 0.261 e. The molecule has 19 heavy (non-hydrogen) atoms. The predicted octanol–water partition coefficient (Wildman–Crippen LogP) is 2.46. The number of aromatic nitrogens is 2. The summed E-state index contributed by atoms with van der Waals surface area (Å²) in [7, 11) is -1.94. The first-order valence-electron chi connectivity index (χ1n) is 6.70. The largest absolute Gasteiger partial charge is 0.324 e. The quantitative estimate of drug-likeness (QED) is 0.933. The number of halogens is 1. The zero-order valence-electron chi connectivity index (χ0n) is 11.1. The first kappa shape index (κ1) is 14.8. The molecule has 0 aromatic carbocycles. The average Bonchev–Trinajstić information content (AvgIpc) is 2.64. The van der Waals surface area contributed by atoms with Gasteiger partial charge in [0.2, 0.25) is 5.03 Å². The highest BCUT2D eigenvalue weighted by atomic mass is 35.5. The molecule has 1 aromatic heterocycles. The number of rotatable bonds is 3. The van der Waals surface area contributed by atoms with Crippen LogP contribution in [0, 0.1) is 0 Å². The molecule has 1 aliphatic rings. The van der Waals surface area contributed by atoms with E-state index in [1.807, 2.05) is 0 Å². The zero-order valence-corrected chi connectivity index (χ0v) is 12.7. The molecule has 1 aliphatic carbocycles. The fourth-order valence-electron chi connectivity index (χ4n) is 2.42. The molecule has 0 saturated heterocycles. The van der Waals surface area contributed by atoms with Gasteiger partial charge in [-0.2, -0.15) is 0 Å². The van der Waals surface area contributed by atoms with Crippen molar-refractivity contribution in [1.29, 1.82) is 0 Å². The van der Waals surface area contributed by atoms with Crippen molar-refractivity contribution < 1.29 is 8.42 Å². The summed E-state index contributed by atoms with van der Waals surface area (Å²) in [5.74, 6) is 0. The lowest BCUT2D eigenvalue weighted by Gasteiger charge is -2.20. The SMILES string of the molecule is Cn1cnc(S(=O)(=O)NC2CCCCCCC2)c1Cl. The van der Waals surface area contributed by atoms with Crippen molar-refractivity contribution in [2.24, 2.45) is 7.05 Å². The van der Waals surface area contributed by atoms with Crippen molar-refractivity contribution in [2.75, 3.05) is 0 Å². The molecule has 0 amide bonds. The third kappa shape index (κ3) is 3.70. The van der Waals surface area contributed by atoms with Gasteiger partial charge in [0.15, 0.2) is 0 Å². The van der Waals surface area contributed by atoms with Gasteiger partial charge in [-0.05, 0) is 12.8 Å². The van der Waals surface area contributed by atoms with E-state index in [1.165, 1.54) is 30.2 Å². The Kier molecular flexibility index (Phi) is 4.86. The number of aryl methyl sites for hydroxylation is 1. The maximum atomic E-state index is 12.3. The topological polar surface area (TPSA) is 64.0 Å². The molecule has 7 heteroatoms. The second-order valence-corrected chi connectivity index (χ2v) is 7.10. The van der Waals surface area contributed by atoms with Crippen LogP contribution in [0.5, 0.6) is 0 Å². The molecule has 1 N–H and O–H groups in total. The molecule has 0 radical (unpaired) electrons. The molecule has 0 atom stereocenters. The summed E-state index contributed by atoms with van der Waals surface area (Å²) in [5.41, 5.74) is 0. The summed E-state index contributed by atoms with van der Waals surface area (Å²) in [5, 5.41) is 0.0806. The molecule has 1 saturated carbocycles. The summed E-state index contributed by atoms with van der Waals surface area (Å²) in [6, 6.07) is 0.00312. The van der Waals surface area contributed by atoms with E-state index in [1.54, 1.807) is 7.05 Å². The second-order valence-electron chi connectivity index (χ2n) is 5.11. The fraction of sp³-hybridized carbons (Fsp3) is 0.750. The highest BCUT2D eigenvalue weighted by molar-refractivity contribution is 7.89. The van der Waals surface area contributed by atoms with Crippen LogP contribution in [0.3, 0.4) is 0 Å². The predicted molar refractivity (Wildman–Crippen MR) is 74.6 cm³/mol. The maximum absolute atomic E-state index is 12.3. The Balaban J connectivity index is 2.09. The Morgan fingerprint density at radius 1 is 1.26 bits per heavy atom. The molecule has 1 aromatic rings. The Bertz CT molecular complexity index is 519. The first-order valence-corrected chi connectivity index (χ1v) is 8.56. The molecular formula is C12H20ClN3O2S. The van der Waals surface area contributed by atoms with Crippen LogP contribution < -0.4 is 4.72 Å². The Labute approximate surface area is 119 Å². The van der Waals surface area contributed by atoms with Crippen LogP contribution in [0.2, 0.25) is 5.15 Å². The van der Waals surface area contributed by atoms with E-state index < -0.39 is 10.0 Å². The van der Waals surface area contributed by atoms with Crippen molar-refractivity contribution >= 4 is 21.6 Å². The van der Waals surface area contributed by atoms with Gasteiger partial charge in [0.1, 0.15) is 5.15 Å². The number of nitrogens with zero attached hydrogens (tertiary/aromatic N) is 2. The number of hydrogen-bond donors (Lipinski definition) is 1. The molecule has 1 heterocycles. The summed E-state index contributed by atoms with van der Waals surface area (Å²) in [6.45, 7) is 0. The van der Waals surface area contributed by atoms with E-state index >= 15 is 0 Å². The van der Waals surface area contributed by atoms with Gasteiger partial charge < -0.3 is 4.57 Å². The van der Waals surface area contributed by atoms with Crippen LogP contribution in [0.25, 0.3) is 0 Å². The number of imidazole rings is 1. The number of hydrogen-bond acceptors (Lipinski definition) is 3. The monoisotopic (exact) mass is 305 g/mol. The molecule has 0 unspecified atom stereocenters. The van der Waals surface area contributed by atoms with Gasteiger partial charge >= 0.3 is 0 Å². The summed E-state index contributed by atoms with van der Waals surface area (Å²) < 4.78 is 28.8. The highest BCUT2D eigenvalue weighted by Crippen LogP contribution is 2.22. The van der Waals surface area contributed by atoms with E-state index in [4.69, 9.17) is 11.6 Å². The normalized spacial score (nSPS) is 19.1. The molecule has 5 nitrogen and oxygen atoms in total. The van der Waals surface area contributed by atoms with Crippen LogP contribution in [0.15, 0.2) is 11.4 Å². The zero-order chi connectivity index (χ0) is 13.9. The molecular weight excluding hydrogens is 286 g/mol. The minimum absolute atomic E-state index is 0.00312. The minimum atomic E-state index is -3.61. The van der Waals surface area contributed by atoms with E-state index in [9.17, 15) is 8.42 Å². The minimum Gasteiger partial charge on any atom is -0.324 e. The van der Waals surface area contributed by atoms with Gasteiger partial charge in [0.25, 0.3) is 10.0 Å². The van der Waals surface area contributed by atoms with Crippen LogP contribution in [0.4, 0.5) is 0 Å². The summed E-state index contributed by atoms with van der Waals surface area (Å²) >= 11 is 5.95. The summed E-state index contributed by atoms with van der Waals surface area (Å²) in [4.78, 5) is 3.87. The Morgan fingerprint density at radius 3 is 2.37 bits per heavy atom. The highest BCUT2D eigenvalue weighted by Gasteiger charge is 2.25. The van der Waals surface area contributed by atoms with Gasteiger partial charge in [-0.3, -0.25) is 0 Å². The van der Waals surface area contributed by atoms with Gasteiger partial charge in [0, 0.05) is 13.1 Å². The number of nitrogens with one attached hydrogen (secondary N) is 1. The second kappa shape index (κ2) is 6.24. The van der Waals surface area contributed by atoms with Crippen molar-refractivity contribution in [3.8, 4) is 0 Å². The van der Waals surface area contributed by atoms with Crippen LogP contribution in [0.1, 0.15) is 44.9 Å². The summed E-state index contributed by atoms with van der Waals surface area (Å²) in [6.07, 6.45) is 8.96. The van der Waals surface area contributed by atoms with Crippen LogP contribution in [-0.4, -0.2) is 24.0 Å². The molecule has 108 valence electrons. The lowest BCUT2D eigenvalue weighted by Crippen LogP contribution is -2.35. The lowest BCUT2D eigenvalue weighted by molar-refractivity contribution is 0.426. The van der Waals surface area contributed by atoms with Crippen molar-refractivity contribution in [1.82, 2.24) is 14.3 Å². The van der Waals surface area contributed by atoms with Crippen LogP contribution in [-0.2, 0) is 17.1 Å². The first-order chi connectivity index (χ1) is 9.00. The Hall–Kier alpha value is -0.590. The van der Waals surface area contributed by atoms with Gasteiger partial charge in [-0.15, -0.1) is 0 Å². The van der Waals surface area contributed by atoms with Crippen molar-refractivity contribution in [2.45, 2.75) is 56.0 Å². The molecule has 0 spiro atoms. The molecule has 2 rings (SSSR count). The van der Waals surface area contributed by atoms with Crippen molar-refractivity contribution in [3.63, 3.8) is 0 Å². The van der Waals surface area contributed by atoms with Gasteiger partial charge in [-0.25, -0.2) is 18.1 Å². The molecule has 0 aliphatic heterocycles. The third-order valence-electron chi connectivity index (χ3n) is 3.52. The average molecular weight is 306 g/mol. The molecule has 1 fully saturated rings. The number of sulfonamides is 1. The Morgan fingerprint density at radius 2 is 1.84 bits per heavy atom. The third-order valence-corrected chi connectivity index (χ3v) is 5.53. The van der Waals surface area contributed by atoms with E-state index in [-0.39, 0.29) is 16.2 Å². The van der Waals surface area contributed by atoms with Crippen LogP contribution >= 0.6 is 11.6 Å². The van der Waals surface area contributed by atoms with E-state index in [0.717, 1.165) is 25.7 Å². The van der Waals surface area contributed by atoms with E-state index in [0.29, 0.717) is 0 Å². The standard InChI is InChI=1S/C12H20ClN3O2S/c1-16-9-14-12(11(16)13)19(17,18)15-10-7-5-3-2-4-6-8-10/h9-10,15H,2-8H2,1H3. The molecule has 0 bridgehead atoms.